The number of nitrogens with zero attached hydrogens (tertiary/aromatic N) is 3. The molecule has 176 valence electrons. The van der Waals surface area contributed by atoms with Crippen molar-refractivity contribution in [1.29, 1.82) is 0 Å². The van der Waals surface area contributed by atoms with Gasteiger partial charge in [-0.15, -0.1) is 11.3 Å². The molecule has 3 aromatic heterocycles. The summed E-state index contributed by atoms with van der Waals surface area (Å²) >= 11 is 1.04. The Balaban J connectivity index is 1.46. The van der Waals surface area contributed by atoms with Crippen molar-refractivity contribution < 1.29 is 24.3 Å². The van der Waals surface area contributed by atoms with Gasteiger partial charge in [-0.2, -0.15) is 0 Å². The average Bonchev–Trinajstić information content (AvgIpc) is 3.30. The fourth-order valence-corrected chi connectivity index (χ4v) is 3.44. The molecule has 0 aliphatic heterocycles. The number of pyridine rings is 2. The van der Waals surface area contributed by atoms with Crippen LogP contribution in [0.5, 0.6) is 0 Å². The van der Waals surface area contributed by atoms with Crippen molar-refractivity contribution >= 4 is 40.3 Å². The zero-order valence-electron chi connectivity index (χ0n) is 17.7. The lowest BCUT2D eigenvalue weighted by Crippen LogP contribution is -2.39. The summed E-state index contributed by atoms with van der Waals surface area (Å²) in [6.07, 6.45) is 4.27. The molecule has 3 aromatic rings. The van der Waals surface area contributed by atoms with Crippen LogP contribution < -0.4 is 21.3 Å². The maximum atomic E-state index is 12.3. The van der Waals surface area contributed by atoms with Crippen LogP contribution in [-0.2, 0) is 16.1 Å². The van der Waals surface area contributed by atoms with Gasteiger partial charge >= 0.3 is 12.0 Å². The van der Waals surface area contributed by atoms with Gasteiger partial charge in [0, 0.05) is 24.0 Å². The van der Waals surface area contributed by atoms with Gasteiger partial charge in [-0.3, -0.25) is 29.7 Å². The third kappa shape index (κ3) is 7.63. The standard InChI is InChI=1S/C21H21N7O5S/c29-17(26-15(8-18(30)31)13-4-3-6-22-9-13)11-24-19(32)16-12-34-21(27-16)28-20(33)25-10-14-5-1-2-7-23-14/h1-7,9,12,15H,8,10-11H2,(H,24,32)(H,26,29)(H,30,31)(H2,25,27,28,33). The first-order valence-corrected chi connectivity index (χ1v) is 10.9. The molecule has 5 N–H and O–H groups in total. The summed E-state index contributed by atoms with van der Waals surface area (Å²) in [6.45, 7) is -0.164. The van der Waals surface area contributed by atoms with Gasteiger partial charge in [0.1, 0.15) is 5.69 Å². The van der Waals surface area contributed by atoms with Gasteiger partial charge in [-0.1, -0.05) is 12.1 Å². The Morgan fingerprint density at radius 2 is 1.91 bits per heavy atom. The lowest BCUT2D eigenvalue weighted by Gasteiger charge is -2.17. The minimum atomic E-state index is -1.09. The van der Waals surface area contributed by atoms with E-state index < -0.39 is 29.9 Å². The Hall–Kier alpha value is -4.39. The lowest BCUT2D eigenvalue weighted by atomic mass is 10.1. The monoisotopic (exact) mass is 483 g/mol. The van der Waals surface area contributed by atoms with Crippen LogP contribution in [0.3, 0.4) is 0 Å². The van der Waals surface area contributed by atoms with Crippen LogP contribution in [0.15, 0.2) is 54.3 Å². The van der Waals surface area contributed by atoms with Gasteiger partial charge in [-0.05, 0) is 23.8 Å². The summed E-state index contributed by atoms with van der Waals surface area (Å²) in [5.74, 6) is -2.29. The highest BCUT2D eigenvalue weighted by Gasteiger charge is 2.19. The lowest BCUT2D eigenvalue weighted by molar-refractivity contribution is -0.137. The van der Waals surface area contributed by atoms with Gasteiger partial charge in [0.25, 0.3) is 5.91 Å². The predicted molar refractivity (Wildman–Crippen MR) is 122 cm³/mol. The molecule has 0 aliphatic carbocycles. The van der Waals surface area contributed by atoms with Crippen molar-refractivity contribution in [2.24, 2.45) is 0 Å². The number of aliphatic carboxylic acids is 1. The maximum absolute atomic E-state index is 12.3. The second kappa shape index (κ2) is 12.0. The number of hydrogen-bond acceptors (Lipinski definition) is 8. The normalized spacial score (nSPS) is 11.2. The fourth-order valence-electron chi connectivity index (χ4n) is 2.76. The largest absolute Gasteiger partial charge is 0.481 e. The summed E-state index contributed by atoms with van der Waals surface area (Å²) in [6, 6.07) is 7.31. The third-order valence-corrected chi connectivity index (χ3v) is 5.08. The molecule has 34 heavy (non-hydrogen) atoms. The SMILES string of the molecule is O=C(O)CC(NC(=O)CNC(=O)c1csc(NC(=O)NCc2ccccn2)n1)c1cccnc1. The smallest absolute Gasteiger partial charge is 0.321 e. The molecular weight excluding hydrogens is 462 g/mol. The topological polar surface area (TPSA) is 175 Å². The van der Waals surface area contributed by atoms with E-state index in [2.05, 4.69) is 36.2 Å². The molecule has 0 radical (unpaired) electrons. The van der Waals surface area contributed by atoms with Crippen LogP contribution in [0.2, 0.25) is 0 Å². The van der Waals surface area contributed by atoms with Crippen molar-refractivity contribution in [3.05, 3.63) is 71.3 Å². The van der Waals surface area contributed by atoms with E-state index in [9.17, 15) is 19.2 Å². The third-order valence-electron chi connectivity index (χ3n) is 4.32. The van der Waals surface area contributed by atoms with Crippen LogP contribution in [0.4, 0.5) is 9.93 Å². The Morgan fingerprint density at radius 3 is 2.62 bits per heavy atom. The number of amides is 4. The molecule has 3 heterocycles. The van der Waals surface area contributed by atoms with E-state index in [-0.39, 0.29) is 30.3 Å². The van der Waals surface area contributed by atoms with Crippen LogP contribution in [0.25, 0.3) is 0 Å². The van der Waals surface area contributed by atoms with Gasteiger partial charge < -0.3 is 21.1 Å². The summed E-state index contributed by atoms with van der Waals surface area (Å²) in [4.78, 5) is 59.7. The molecule has 0 saturated heterocycles. The molecule has 13 heteroatoms. The van der Waals surface area contributed by atoms with Crippen molar-refractivity contribution in [3.8, 4) is 0 Å². The fraction of sp³-hybridized carbons (Fsp3) is 0.190. The van der Waals surface area contributed by atoms with Crippen molar-refractivity contribution in [3.63, 3.8) is 0 Å². The number of carboxylic acid groups (broad SMARTS) is 1. The van der Waals surface area contributed by atoms with Gasteiger partial charge in [0.15, 0.2) is 5.13 Å². The molecule has 1 unspecified atom stereocenters. The number of rotatable bonds is 10. The summed E-state index contributed by atoms with van der Waals surface area (Å²) in [5, 5.41) is 20.9. The number of thiazole rings is 1. The number of carboxylic acids is 1. The maximum Gasteiger partial charge on any atom is 0.321 e. The number of anilines is 1. The molecule has 0 aliphatic rings. The molecular formula is C21H21N7O5S. The van der Waals surface area contributed by atoms with E-state index in [1.165, 1.54) is 17.8 Å². The summed E-state index contributed by atoms with van der Waals surface area (Å²) < 4.78 is 0. The van der Waals surface area contributed by atoms with Gasteiger partial charge in [0.05, 0.1) is 31.2 Å². The number of aromatic nitrogens is 3. The molecule has 4 amide bonds. The molecule has 12 nitrogen and oxygen atoms in total. The number of nitrogens with one attached hydrogen (secondary N) is 4. The first kappa shape index (κ1) is 24.3. The number of carbonyl (C=O) groups excluding carboxylic acids is 3. The highest BCUT2D eigenvalue weighted by molar-refractivity contribution is 7.14. The van der Waals surface area contributed by atoms with Crippen LogP contribution in [-0.4, -0.2) is 50.4 Å². The average molecular weight is 484 g/mol. The van der Waals surface area contributed by atoms with Crippen molar-refractivity contribution in [2.45, 2.75) is 19.0 Å². The second-order valence-electron chi connectivity index (χ2n) is 6.85. The highest BCUT2D eigenvalue weighted by Crippen LogP contribution is 2.16. The minimum Gasteiger partial charge on any atom is -0.481 e. The van der Waals surface area contributed by atoms with E-state index in [0.29, 0.717) is 11.3 Å². The van der Waals surface area contributed by atoms with Crippen LogP contribution in [0.1, 0.15) is 34.2 Å². The van der Waals surface area contributed by atoms with Crippen LogP contribution in [0, 0.1) is 0 Å². The Bertz CT molecular complexity index is 1140. The predicted octanol–water partition coefficient (Wildman–Crippen LogP) is 1.32. The number of urea groups is 1. The second-order valence-corrected chi connectivity index (χ2v) is 7.71. The van der Waals surface area contributed by atoms with E-state index >= 15 is 0 Å². The molecule has 0 fully saturated rings. The zero-order chi connectivity index (χ0) is 24.3. The molecule has 0 spiro atoms. The van der Waals surface area contributed by atoms with Gasteiger partial charge in [0.2, 0.25) is 5.91 Å². The highest BCUT2D eigenvalue weighted by atomic mass is 32.1. The Kier molecular flexibility index (Phi) is 8.57. The Labute approximate surface area is 197 Å². The van der Waals surface area contributed by atoms with E-state index in [1.807, 2.05) is 0 Å². The first-order chi connectivity index (χ1) is 16.4. The minimum absolute atomic E-state index is 0.0205. The molecule has 0 bridgehead atoms. The molecule has 0 saturated carbocycles. The quantitative estimate of drug-likeness (QED) is 0.287. The van der Waals surface area contributed by atoms with Crippen LogP contribution >= 0.6 is 11.3 Å². The molecule has 1 atom stereocenters. The first-order valence-electron chi connectivity index (χ1n) is 10.0. The Morgan fingerprint density at radius 1 is 1.06 bits per heavy atom. The van der Waals surface area contributed by atoms with E-state index in [0.717, 1.165) is 11.3 Å². The molecule has 0 aromatic carbocycles. The van der Waals surface area contributed by atoms with E-state index in [1.54, 1.807) is 36.5 Å². The number of hydrogen-bond donors (Lipinski definition) is 5. The summed E-state index contributed by atoms with van der Waals surface area (Å²) in [7, 11) is 0. The van der Waals surface area contributed by atoms with Gasteiger partial charge in [-0.25, -0.2) is 9.78 Å². The van der Waals surface area contributed by atoms with Crippen molar-refractivity contribution in [1.82, 2.24) is 30.9 Å². The molecule has 3 rings (SSSR count). The summed E-state index contributed by atoms with van der Waals surface area (Å²) in [5.41, 5.74) is 1.23. The van der Waals surface area contributed by atoms with Crippen molar-refractivity contribution in [2.75, 3.05) is 11.9 Å². The zero-order valence-corrected chi connectivity index (χ0v) is 18.5. The van der Waals surface area contributed by atoms with E-state index in [4.69, 9.17) is 5.11 Å². The number of carbonyl (C=O) groups is 4.